The molecule has 4 heteroatoms. The lowest BCUT2D eigenvalue weighted by atomic mass is 10.1. The van der Waals surface area contributed by atoms with Crippen molar-refractivity contribution < 1.29 is 4.79 Å². The summed E-state index contributed by atoms with van der Waals surface area (Å²) >= 11 is 1.55. The van der Waals surface area contributed by atoms with Crippen LogP contribution in [0.5, 0.6) is 0 Å². The first-order chi connectivity index (χ1) is 9.20. The van der Waals surface area contributed by atoms with E-state index >= 15 is 0 Å². The Hall–Kier alpha value is -0.710. The van der Waals surface area contributed by atoms with Crippen molar-refractivity contribution in [3.63, 3.8) is 0 Å². The number of rotatable bonds is 6. The minimum atomic E-state index is 0.302. The van der Waals surface area contributed by atoms with Gasteiger partial charge in [0.2, 0.25) is 0 Å². The number of hydrogen-bond donors (Lipinski definition) is 0. The Morgan fingerprint density at radius 3 is 3.00 bits per heavy atom. The molecule has 2 rings (SSSR count). The lowest BCUT2D eigenvalue weighted by Crippen LogP contribution is -2.51. The van der Waals surface area contributed by atoms with Crippen LogP contribution in [0.15, 0.2) is 17.5 Å². The van der Waals surface area contributed by atoms with Crippen LogP contribution in [0.1, 0.15) is 35.9 Å². The summed E-state index contributed by atoms with van der Waals surface area (Å²) in [5.41, 5.74) is 0. The molecule has 1 atom stereocenters. The smallest absolute Gasteiger partial charge is 0.172 e. The van der Waals surface area contributed by atoms with Crippen molar-refractivity contribution in [1.29, 1.82) is 0 Å². The average molecular weight is 280 g/mol. The highest BCUT2D eigenvalue weighted by Crippen LogP contribution is 2.14. The second-order valence-corrected chi connectivity index (χ2v) is 6.30. The van der Waals surface area contributed by atoms with Gasteiger partial charge < -0.3 is 9.80 Å². The van der Waals surface area contributed by atoms with Gasteiger partial charge >= 0.3 is 0 Å². The Morgan fingerprint density at radius 1 is 1.47 bits per heavy atom. The molecule has 1 unspecified atom stereocenters. The first-order valence-corrected chi connectivity index (χ1v) is 8.08. The van der Waals surface area contributed by atoms with E-state index in [1.807, 2.05) is 17.5 Å². The Bertz CT molecular complexity index is 391. The van der Waals surface area contributed by atoms with E-state index in [1.54, 1.807) is 11.3 Å². The van der Waals surface area contributed by atoms with Gasteiger partial charge in [0, 0.05) is 32.1 Å². The molecule has 1 fully saturated rings. The SMILES string of the molecule is CCC1CN(CCCC(=O)c2cccs2)CCN1C. The minimum absolute atomic E-state index is 0.302. The fourth-order valence-corrected chi connectivity index (χ4v) is 3.37. The van der Waals surface area contributed by atoms with Gasteiger partial charge in [0.1, 0.15) is 0 Å². The van der Waals surface area contributed by atoms with E-state index in [1.165, 1.54) is 6.42 Å². The van der Waals surface area contributed by atoms with Gasteiger partial charge in [-0.3, -0.25) is 4.79 Å². The molecule has 0 radical (unpaired) electrons. The predicted octanol–water partition coefficient (Wildman–Crippen LogP) is 2.74. The van der Waals surface area contributed by atoms with E-state index in [2.05, 4.69) is 23.8 Å². The zero-order valence-electron chi connectivity index (χ0n) is 12.0. The molecular formula is C15H24N2OS. The maximum absolute atomic E-state index is 11.9. The van der Waals surface area contributed by atoms with Crippen molar-refractivity contribution >= 4 is 17.1 Å². The van der Waals surface area contributed by atoms with Gasteiger partial charge in [0.05, 0.1) is 4.88 Å². The van der Waals surface area contributed by atoms with Gasteiger partial charge in [-0.05, 0) is 37.9 Å². The van der Waals surface area contributed by atoms with Crippen LogP contribution in [0.3, 0.4) is 0 Å². The van der Waals surface area contributed by atoms with Crippen LogP contribution < -0.4 is 0 Å². The molecular weight excluding hydrogens is 256 g/mol. The number of likely N-dealkylation sites (N-methyl/N-ethyl adjacent to an activating group) is 1. The van der Waals surface area contributed by atoms with E-state index in [-0.39, 0.29) is 0 Å². The molecule has 0 aliphatic carbocycles. The van der Waals surface area contributed by atoms with Crippen molar-refractivity contribution in [3.05, 3.63) is 22.4 Å². The zero-order valence-corrected chi connectivity index (χ0v) is 12.8. The quantitative estimate of drug-likeness (QED) is 0.749. The van der Waals surface area contributed by atoms with Gasteiger partial charge in [0.25, 0.3) is 0 Å². The third kappa shape index (κ3) is 4.13. The summed E-state index contributed by atoms with van der Waals surface area (Å²) < 4.78 is 0. The van der Waals surface area contributed by atoms with E-state index in [9.17, 15) is 4.79 Å². The first kappa shape index (κ1) is 14.7. The second kappa shape index (κ2) is 7.17. The molecule has 1 aromatic rings. The van der Waals surface area contributed by atoms with Crippen LogP contribution in [0, 0.1) is 0 Å². The summed E-state index contributed by atoms with van der Waals surface area (Å²) in [6.45, 7) is 6.75. The zero-order chi connectivity index (χ0) is 13.7. The third-order valence-corrected chi connectivity index (χ3v) is 4.92. The van der Waals surface area contributed by atoms with Crippen molar-refractivity contribution in [2.45, 2.75) is 32.2 Å². The number of ketones is 1. The Kier molecular flexibility index (Phi) is 5.55. The summed E-state index contributed by atoms with van der Waals surface area (Å²) in [7, 11) is 2.21. The largest absolute Gasteiger partial charge is 0.301 e. The molecule has 1 aliphatic heterocycles. The van der Waals surface area contributed by atoms with E-state index < -0.39 is 0 Å². The molecule has 106 valence electrons. The highest BCUT2D eigenvalue weighted by atomic mass is 32.1. The number of carbonyl (C=O) groups excluding carboxylic acids is 1. The van der Waals surface area contributed by atoms with Crippen LogP contribution in [0.25, 0.3) is 0 Å². The molecule has 3 nitrogen and oxygen atoms in total. The van der Waals surface area contributed by atoms with Crippen LogP contribution in [0.4, 0.5) is 0 Å². The summed E-state index contributed by atoms with van der Waals surface area (Å²) in [6.07, 6.45) is 2.88. The molecule has 0 spiro atoms. The number of nitrogens with zero attached hydrogens (tertiary/aromatic N) is 2. The molecule has 1 aromatic heterocycles. The fraction of sp³-hybridized carbons (Fsp3) is 0.667. The van der Waals surface area contributed by atoms with Crippen LogP contribution in [-0.4, -0.2) is 54.9 Å². The summed E-state index contributed by atoms with van der Waals surface area (Å²) in [5.74, 6) is 0.302. The standard InChI is InChI=1S/C15H24N2OS/c1-3-13-12-17(10-9-16(13)2)8-4-6-14(18)15-7-5-11-19-15/h5,7,11,13H,3-4,6,8-10,12H2,1-2H3. The number of Topliss-reactive ketones (excluding diaryl/α,β-unsaturated/α-hetero) is 1. The van der Waals surface area contributed by atoms with Gasteiger partial charge in [-0.2, -0.15) is 0 Å². The molecule has 19 heavy (non-hydrogen) atoms. The Balaban J connectivity index is 1.70. The summed E-state index contributed by atoms with van der Waals surface area (Å²) in [6, 6.07) is 4.56. The van der Waals surface area contributed by atoms with Crippen LogP contribution >= 0.6 is 11.3 Å². The molecule has 0 aromatic carbocycles. The molecule has 2 heterocycles. The summed E-state index contributed by atoms with van der Waals surface area (Å²) in [4.78, 5) is 17.8. The number of hydrogen-bond acceptors (Lipinski definition) is 4. The molecule has 1 saturated heterocycles. The van der Waals surface area contributed by atoms with E-state index in [0.717, 1.165) is 37.5 Å². The van der Waals surface area contributed by atoms with Crippen molar-refractivity contribution in [1.82, 2.24) is 9.80 Å². The number of piperazine rings is 1. The lowest BCUT2D eigenvalue weighted by molar-refractivity contribution is 0.0876. The summed E-state index contributed by atoms with van der Waals surface area (Å²) in [5, 5.41) is 1.97. The van der Waals surface area contributed by atoms with Crippen LogP contribution in [0.2, 0.25) is 0 Å². The highest BCUT2D eigenvalue weighted by molar-refractivity contribution is 7.12. The topological polar surface area (TPSA) is 23.6 Å². The van der Waals surface area contributed by atoms with Crippen molar-refractivity contribution in [3.8, 4) is 0 Å². The molecule has 0 N–H and O–H groups in total. The number of carbonyl (C=O) groups is 1. The van der Waals surface area contributed by atoms with E-state index in [4.69, 9.17) is 0 Å². The Labute approximate surface area is 120 Å². The number of thiophene rings is 1. The second-order valence-electron chi connectivity index (χ2n) is 5.35. The highest BCUT2D eigenvalue weighted by Gasteiger charge is 2.22. The van der Waals surface area contributed by atoms with Gasteiger partial charge in [-0.1, -0.05) is 13.0 Å². The maximum atomic E-state index is 11.9. The predicted molar refractivity (Wildman–Crippen MR) is 81.0 cm³/mol. The molecule has 0 bridgehead atoms. The minimum Gasteiger partial charge on any atom is -0.301 e. The normalized spacial score (nSPS) is 21.7. The van der Waals surface area contributed by atoms with Gasteiger partial charge in [-0.15, -0.1) is 11.3 Å². The Morgan fingerprint density at radius 2 is 2.32 bits per heavy atom. The molecule has 0 saturated carbocycles. The van der Waals surface area contributed by atoms with Gasteiger partial charge in [-0.25, -0.2) is 0 Å². The third-order valence-electron chi connectivity index (χ3n) is 4.01. The molecule has 0 amide bonds. The first-order valence-electron chi connectivity index (χ1n) is 7.20. The van der Waals surface area contributed by atoms with Gasteiger partial charge in [0.15, 0.2) is 5.78 Å². The lowest BCUT2D eigenvalue weighted by Gasteiger charge is -2.39. The maximum Gasteiger partial charge on any atom is 0.172 e. The monoisotopic (exact) mass is 280 g/mol. The van der Waals surface area contributed by atoms with Crippen LogP contribution in [-0.2, 0) is 0 Å². The molecule has 1 aliphatic rings. The van der Waals surface area contributed by atoms with Crippen molar-refractivity contribution in [2.24, 2.45) is 0 Å². The van der Waals surface area contributed by atoms with Crippen molar-refractivity contribution in [2.75, 3.05) is 33.2 Å². The fourth-order valence-electron chi connectivity index (χ4n) is 2.68. The van der Waals surface area contributed by atoms with E-state index in [0.29, 0.717) is 18.2 Å². The average Bonchev–Trinajstić information content (AvgIpc) is 2.94.